The van der Waals surface area contributed by atoms with Crippen LogP contribution in [0.4, 0.5) is 0 Å². The Morgan fingerprint density at radius 1 is 1.23 bits per heavy atom. The number of likely N-dealkylation sites (N-methyl/N-ethyl adjacent to an activating group) is 1. The predicted molar refractivity (Wildman–Crippen MR) is 97.7 cm³/mol. The highest BCUT2D eigenvalue weighted by Crippen LogP contribution is 2.44. The average Bonchev–Trinajstić information content (AvgIpc) is 3.33. The van der Waals surface area contributed by atoms with E-state index in [4.69, 9.17) is 0 Å². The van der Waals surface area contributed by atoms with Gasteiger partial charge in [-0.25, -0.2) is 0 Å². The van der Waals surface area contributed by atoms with E-state index >= 15 is 0 Å². The second-order valence-corrected chi connectivity index (χ2v) is 6.20. The molecule has 0 aliphatic heterocycles. The van der Waals surface area contributed by atoms with Crippen molar-refractivity contribution in [3.05, 3.63) is 78.4 Å². The molecular weight excluding hydrogens is 266 g/mol. The SMILES string of the molecule is C=C/C=C\C=C(/C)CN(C)C(c1ccc(C=C)cc1)C1CC1. The third-order valence-corrected chi connectivity index (χ3v) is 4.18. The van der Waals surface area contributed by atoms with E-state index in [1.807, 2.05) is 18.2 Å². The molecule has 1 aromatic rings. The first-order valence-corrected chi connectivity index (χ1v) is 8.03. The normalized spacial score (nSPS) is 17.0. The zero-order chi connectivity index (χ0) is 15.9. The quantitative estimate of drug-likeness (QED) is 0.580. The molecule has 0 radical (unpaired) electrons. The van der Waals surface area contributed by atoms with Crippen molar-refractivity contribution in [2.75, 3.05) is 13.6 Å². The topological polar surface area (TPSA) is 3.24 Å². The van der Waals surface area contributed by atoms with E-state index < -0.39 is 0 Å². The fourth-order valence-electron chi connectivity index (χ4n) is 2.97. The van der Waals surface area contributed by atoms with Crippen molar-refractivity contribution in [1.82, 2.24) is 4.90 Å². The van der Waals surface area contributed by atoms with Crippen molar-refractivity contribution in [1.29, 1.82) is 0 Å². The molecule has 1 aliphatic carbocycles. The van der Waals surface area contributed by atoms with Crippen LogP contribution in [0.1, 0.15) is 36.9 Å². The van der Waals surface area contributed by atoms with Crippen molar-refractivity contribution in [2.24, 2.45) is 5.92 Å². The third-order valence-electron chi connectivity index (χ3n) is 4.18. The summed E-state index contributed by atoms with van der Waals surface area (Å²) in [5.41, 5.74) is 3.98. The van der Waals surface area contributed by atoms with Gasteiger partial charge < -0.3 is 0 Å². The zero-order valence-corrected chi connectivity index (χ0v) is 13.8. The van der Waals surface area contributed by atoms with Crippen LogP contribution in [0.25, 0.3) is 6.08 Å². The minimum absolute atomic E-state index is 0.519. The highest BCUT2D eigenvalue weighted by molar-refractivity contribution is 5.47. The molecule has 116 valence electrons. The van der Waals surface area contributed by atoms with Gasteiger partial charge in [0.2, 0.25) is 0 Å². The van der Waals surface area contributed by atoms with E-state index in [9.17, 15) is 0 Å². The summed E-state index contributed by atoms with van der Waals surface area (Å²) in [6, 6.07) is 9.37. The maximum absolute atomic E-state index is 3.83. The smallest absolute Gasteiger partial charge is 0.0376 e. The maximum Gasteiger partial charge on any atom is 0.0376 e. The summed E-state index contributed by atoms with van der Waals surface area (Å²) >= 11 is 0. The molecule has 22 heavy (non-hydrogen) atoms. The van der Waals surface area contributed by atoms with Gasteiger partial charge in [-0.3, -0.25) is 4.90 Å². The summed E-state index contributed by atoms with van der Waals surface area (Å²) < 4.78 is 0. The molecule has 1 aliphatic rings. The number of benzene rings is 1. The summed E-state index contributed by atoms with van der Waals surface area (Å²) in [6.07, 6.45) is 12.6. The Morgan fingerprint density at radius 2 is 1.91 bits per heavy atom. The lowest BCUT2D eigenvalue weighted by Gasteiger charge is -2.29. The molecule has 0 N–H and O–H groups in total. The van der Waals surface area contributed by atoms with Gasteiger partial charge in [-0.05, 0) is 43.9 Å². The van der Waals surface area contributed by atoms with E-state index in [0.717, 1.165) is 12.5 Å². The summed E-state index contributed by atoms with van der Waals surface area (Å²) in [5, 5.41) is 0. The lowest BCUT2D eigenvalue weighted by molar-refractivity contribution is 0.238. The van der Waals surface area contributed by atoms with Crippen LogP contribution < -0.4 is 0 Å². The first-order chi connectivity index (χ1) is 10.7. The van der Waals surface area contributed by atoms with Crippen LogP contribution in [0, 0.1) is 5.92 Å². The molecule has 0 aromatic heterocycles. The minimum Gasteiger partial charge on any atom is -0.295 e. The van der Waals surface area contributed by atoms with Crippen molar-refractivity contribution >= 4 is 6.08 Å². The maximum atomic E-state index is 3.83. The third kappa shape index (κ3) is 4.57. The second-order valence-electron chi connectivity index (χ2n) is 6.20. The van der Waals surface area contributed by atoms with Gasteiger partial charge in [0.15, 0.2) is 0 Å². The first-order valence-electron chi connectivity index (χ1n) is 8.03. The van der Waals surface area contributed by atoms with Gasteiger partial charge in [-0.2, -0.15) is 0 Å². The molecule has 0 bridgehead atoms. The van der Waals surface area contributed by atoms with E-state index in [-0.39, 0.29) is 0 Å². The van der Waals surface area contributed by atoms with E-state index in [1.165, 1.54) is 29.5 Å². The Bertz CT molecular complexity index is 558. The van der Waals surface area contributed by atoms with Gasteiger partial charge in [0.05, 0.1) is 0 Å². The highest BCUT2D eigenvalue weighted by atomic mass is 15.1. The van der Waals surface area contributed by atoms with Crippen molar-refractivity contribution < 1.29 is 0 Å². The fourth-order valence-corrected chi connectivity index (χ4v) is 2.97. The number of nitrogens with zero attached hydrogens (tertiary/aromatic N) is 1. The van der Waals surface area contributed by atoms with Crippen molar-refractivity contribution in [2.45, 2.75) is 25.8 Å². The highest BCUT2D eigenvalue weighted by Gasteiger charge is 2.34. The molecule has 0 spiro atoms. The number of allylic oxidation sites excluding steroid dienone is 4. The summed E-state index contributed by atoms with van der Waals surface area (Å²) in [7, 11) is 2.24. The molecule has 0 heterocycles. The molecule has 2 rings (SSSR count). The lowest BCUT2D eigenvalue weighted by Crippen LogP contribution is -2.27. The van der Waals surface area contributed by atoms with Gasteiger partial charge in [0.1, 0.15) is 0 Å². The van der Waals surface area contributed by atoms with E-state index in [0.29, 0.717) is 6.04 Å². The molecular formula is C21H27N. The molecule has 0 saturated heterocycles. The van der Waals surface area contributed by atoms with Gasteiger partial charge in [0, 0.05) is 12.6 Å². The number of rotatable bonds is 8. The second kappa shape index (κ2) is 7.95. The summed E-state index contributed by atoms with van der Waals surface area (Å²) in [5.74, 6) is 0.802. The monoisotopic (exact) mass is 293 g/mol. The Labute approximate surface area is 135 Å². The Kier molecular flexibility index (Phi) is 5.97. The van der Waals surface area contributed by atoms with Crippen LogP contribution in [0.2, 0.25) is 0 Å². The molecule has 0 amide bonds. The van der Waals surface area contributed by atoms with Gasteiger partial charge >= 0.3 is 0 Å². The molecule has 1 heteroatoms. The molecule has 1 atom stereocenters. The van der Waals surface area contributed by atoms with E-state index in [2.05, 4.69) is 68.4 Å². The van der Waals surface area contributed by atoms with Crippen LogP contribution >= 0.6 is 0 Å². The van der Waals surface area contributed by atoms with E-state index in [1.54, 1.807) is 0 Å². The summed E-state index contributed by atoms with van der Waals surface area (Å²) in [4.78, 5) is 2.48. The predicted octanol–water partition coefficient (Wildman–Crippen LogP) is 5.40. The number of hydrogen-bond donors (Lipinski definition) is 0. The van der Waals surface area contributed by atoms with Crippen molar-refractivity contribution in [3.8, 4) is 0 Å². The van der Waals surface area contributed by atoms with Gasteiger partial charge in [-0.15, -0.1) is 0 Å². The van der Waals surface area contributed by atoms with Crippen molar-refractivity contribution in [3.63, 3.8) is 0 Å². The molecule has 1 fully saturated rings. The lowest BCUT2D eigenvalue weighted by atomic mass is 9.99. The van der Waals surface area contributed by atoms with Gasteiger partial charge in [0.25, 0.3) is 0 Å². The largest absolute Gasteiger partial charge is 0.295 e. The minimum atomic E-state index is 0.519. The Morgan fingerprint density at radius 3 is 2.45 bits per heavy atom. The van der Waals surface area contributed by atoms with Crippen LogP contribution in [-0.2, 0) is 0 Å². The molecule has 1 unspecified atom stereocenters. The Hall–Kier alpha value is -1.86. The Balaban J connectivity index is 2.09. The molecule has 1 aromatic carbocycles. The van der Waals surface area contributed by atoms with Crippen LogP contribution in [0.3, 0.4) is 0 Å². The summed E-state index contributed by atoms with van der Waals surface area (Å²) in [6.45, 7) is 10.7. The zero-order valence-electron chi connectivity index (χ0n) is 13.8. The van der Waals surface area contributed by atoms with Crippen LogP contribution in [0.5, 0.6) is 0 Å². The first kappa shape index (κ1) is 16.5. The molecule has 1 saturated carbocycles. The fraction of sp³-hybridized carbons (Fsp3) is 0.333. The standard InChI is InChI=1S/C21H27N/c1-5-7-8-9-17(3)16-22(4)21(20-14-15-20)19-12-10-18(6-2)11-13-19/h5-13,20-21H,1-2,14-16H2,3-4H3/b8-7-,17-9+. The van der Waals surface area contributed by atoms with Gasteiger partial charge in [-0.1, -0.05) is 73.4 Å². The average molecular weight is 293 g/mol. The van der Waals surface area contributed by atoms with Crippen LogP contribution in [-0.4, -0.2) is 18.5 Å². The number of hydrogen-bond acceptors (Lipinski definition) is 1. The van der Waals surface area contributed by atoms with Crippen LogP contribution in [0.15, 0.2) is 67.3 Å². The molecule has 1 nitrogen and oxygen atoms in total.